The summed E-state index contributed by atoms with van der Waals surface area (Å²) in [5.74, 6) is 0. The summed E-state index contributed by atoms with van der Waals surface area (Å²) in [6.07, 6.45) is -0.826. The zero-order valence-electron chi connectivity index (χ0n) is 16.1. The van der Waals surface area contributed by atoms with Gasteiger partial charge in [0.1, 0.15) is 6.04 Å². The summed E-state index contributed by atoms with van der Waals surface area (Å²) < 4.78 is 41.6. The predicted octanol–water partition coefficient (Wildman–Crippen LogP) is 5.48. The lowest BCUT2D eigenvalue weighted by Crippen LogP contribution is -2.30. The minimum atomic E-state index is -4.38. The number of thioether (sulfide) groups is 1. The van der Waals surface area contributed by atoms with E-state index in [-0.39, 0.29) is 12.1 Å². The molecule has 0 saturated carbocycles. The van der Waals surface area contributed by atoms with Crippen LogP contribution in [0.1, 0.15) is 36.0 Å². The van der Waals surface area contributed by atoms with Gasteiger partial charge < -0.3 is 9.47 Å². The topological polar surface area (TPSA) is 33.4 Å². The molecule has 30 heavy (non-hydrogen) atoms. The smallest absolute Gasteiger partial charge is 0.339 e. The molecular weight excluding hydrogens is 409 g/mol. The Morgan fingerprint density at radius 3 is 2.70 bits per heavy atom. The lowest BCUT2D eigenvalue weighted by Gasteiger charge is -2.28. The molecule has 2 aromatic heterocycles. The summed E-state index contributed by atoms with van der Waals surface area (Å²) in [5, 5.41) is 1.38. The highest BCUT2D eigenvalue weighted by Crippen LogP contribution is 2.48. The van der Waals surface area contributed by atoms with Crippen LogP contribution in [0.5, 0.6) is 0 Å². The highest BCUT2D eigenvalue weighted by Gasteiger charge is 2.44. The molecule has 4 nitrogen and oxygen atoms in total. The van der Waals surface area contributed by atoms with Crippen molar-refractivity contribution in [3.8, 4) is 5.69 Å². The molecule has 0 amide bonds. The number of fused-ring (bicyclic) bond motifs is 1. The van der Waals surface area contributed by atoms with Gasteiger partial charge in [-0.1, -0.05) is 30.8 Å². The average Bonchev–Trinajstić information content (AvgIpc) is 3.42. The quantitative estimate of drug-likeness (QED) is 0.554. The standard InChI is InChI=1S/C22H19F3N4S/c1-14-13-29-20(19(27-21(29)30-14)17-8-2-3-10-26-17)18-9-5-11-28(18)16-7-4-6-15(12-16)22(23,24)25/h2-12,14,19-20H,13H2,1H3/t14-,19+,20+/m1/s1. The molecule has 0 radical (unpaired) electrons. The molecule has 1 fully saturated rings. The van der Waals surface area contributed by atoms with Gasteiger partial charge in [0, 0.05) is 35.6 Å². The molecular formula is C22H19F3N4S. The van der Waals surface area contributed by atoms with Crippen molar-refractivity contribution in [3.05, 3.63) is 83.9 Å². The molecule has 1 saturated heterocycles. The number of rotatable bonds is 3. The molecule has 0 N–H and O–H groups in total. The summed E-state index contributed by atoms with van der Waals surface area (Å²) in [5.41, 5.74) is 1.58. The van der Waals surface area contributed by atoms with Gasteiger partial charge in [-0.2, -0.15) is 13.2 Å². The first-order valence-corrected chi connectivity index (χ1v) is 10.6. The first-order chi connectivity index (χ1) is 14.4. The van der Waals surface area contributed by atoms with Gasteiger partial charge >= 0.3 is 6.18 Å². The third-order valence-electron chi connectivity index (χ3n) is 5.42. The van der Waals surface area contributed by atoms with E-state index < -0.39 is 11.7 Å². The van der Waals surface area contributed by atoms with E-state index in [1.165, 1.54) is 12.1 Å². The zero-order chi connectivity index (χ0) is 20.9. The van der Waals surface area contributed by atoms with Crippen LogP contribution < -0.4 is 0 Å². The Balaban J connectivity index is 1.60. The van der Waals surface area contributed by atoms with E-state index in [1.807, 2.05) is 41.1 Å². The largest absolute Gasteiger partial charge is 0.416 e. The molecule has 5 rings (SSSR count). The Morgan fingerprint density at radius 1 is 1.07 bits per heavy atom. The molecule has 0 aliphatic carbocycles. The van der Waals surface area contributed by atoms with E-state index in [0.29, 0.717) is 10.9 Å². The van der Waals surface area contributed by atoms with Crippen molar-refractivity contribution < 1.29 is 13.2 Å². The van der Waals surface area contributed by atoms with Gasteiger partial charge in [-0.15, -0.1) is 0 Å². The Kier molecular flexibility index (Phi) is 4.61. The van der Waals surface area contributed by atoms with E-state index in [4.69, 9.17) is 4.99 Å². The number of hydrogen-bond acceptors (Lipinski definition) is 4. The fourth-order valence-corrected chi connectivity index (χ4v) is 5.23. The highest BCUT2D eigenvalue weighted by atomic mass is 32.2. The van der Waals surface area contributed by atoms with Crippen LogP contribution in [0.4, 0.5) is 13.2 Å². The molecule has 4 heterocycles. The minimum Gasteiger partial charge on any atom is -0.339 e. The van der Waals surface area contributed by atoms with Crippen LogP contribution in [-0.4, -0.2) is 31.4 Å². The summed E-state index contributed by atoms with van der Waals surface area (Å²) in [4.78, 5) is 11.7. The van der Waals surface area contributed by atoms with Gasteiger partial charge in [0.2, 0.25) is 0 Å². The molecule has 8 heteroatoms. The molecule has 2 aliphatic heterocycles. The van der Waals surface area contributed by atoms with Gasteiger partial charge in [-0.05, 0) is 42.5 Å². The molecule has 1 aromatic carbocycles. The monoisotopic (exact) mass is 428 g/mol. The maximum Gasteiger partial charge on any atom is 0.416 e. The van der Waals surface area contributed by atoms with Crippen LogP contribution in [0.3, 0.4) is 0 Å². The number of hydrogen-bond donors (Lipinski definition) is 0. The van der Waals surface area contributed by atoms with Crippen LogP contribution >= 0.6 is 11.8 Å². The number of nitrogens with zero attached hydrogens (tertiary/aromatic N) is 4. The van der Waals surface area contributed by atoms with E-state index in [1.54, 1.807) is 24.0 Å². The van der Waals surface area contributed by atoms with E-state index in [9.17, 15) is 13.2 Å². The summed E-state index contributed by atoms with van der Waals surface area (Å²) in [6.45, 7) is 3.00. The summed E-state index contributed by atoms with van der Waals surface area (Å²) in [7, 11) is 0. The molecule has 3 aromatic rings. The number of halogens is 3. The van der Waals surface area contributed by atoms with Crippen molar-refractivity contribution in [1.29, 1.82) is 0 Å². The second-order valence-corrected chi connectivity index (χ2v) is 8.89. The third kappa shape index (κ3) is 3.29. The molecule has 2 aliphatic rings. The van der Waals surface area contributed by atoms with Gasteiger partial charge in [0.15, 0.2) is 5.17 Å². The second-order valence-electron chi connectivity index (χ2n) is 7.49. The Hall–Kier alpha value is -2.74. The van der Waals surface area contributed by atoms with Crippen LogP contribution in [0, 0.1) is 0 Å². The van der Waals surface area contributed by atoms with E-state index >= 15 is 0 Å². The Labute approximate surface area is 176 Å². The Morgan fingerprint density at radius 2 is 1.93 bits per heavy atom. The average molecular weight is 428 g/mol. The minimum absolute atomic E-state index is 0.128. The first kappa shape index (κ1) is 19.2. The number of aliphatic imine (C=N–C) groups is 1. The van der Waals surface area contributed by atoms with Crippen LogP contribution in [0.25, 0.3) is 5.69 Å². The van der Waals surface area contributed by atoms with Gasteiger partial charge in [-0.25, -0.2) is 0 Å². The molecule has 3 atom stereocenters. The maximum atomic E-state index is 13.3. The number of aromatic nitrogens is 2. The fraction of sp³-hybridized carbons (Fsp3) is 0.273. The Bertz CT molecular complexity index is 1090. The molecule has 0 bridgehead atoms. The SMILES string of the molecule is C[C@@H]1CN2C(=N[C@@H](c3ccccn3)[C@@H]2c2cccn2-c2cccc(C(F)(F)F)c2)S1. The van der Waals surface area contributed by atoms with Crippen molar-refractivity contribution in [2.24, 2.45) is 4.99 Å². The molecule has 154 valence electrons. The first-order valence-electron chi connectivity index (χ1n) is 9.69. The summed E-state index contributed by atoms with van der Waals surface area (Å²) >= 11 is 1.73. The lowest BCUT2D eigenvalue weighted by atomic mass is 10.0. The van der Waals surface area contributed by atoms with Crippen molar-refractivity contribution >= 4 is 16.9 Å². The number of alkyl halides is 3. The van der Waals surface area contributed by atoms with Gasteiger partial charge in [0.05, 0.1) is 17.3 Å². The van der Waals surface area contributed by atoms with Gasteiger partial charge in [-0.3, -0.25) is 9.98 Å². The van der Waals surface area contributed by atoms with Crippen molar-refractivity contribution in [1.82, 2.24) is 14.5 Å². The third-order valence-corrected chi connectivity index (χ3v) is 6.52. The highest BCUT2D eigenvalue weighted by molar-refractivity contribution is 8.14. The number of benzene rings is 1. The van der Waals surface area contributed by atoms with E-state index in [2.05, 4.69) is 16.8 Å². The van der Waals surface area contributed by atoms with Crippen molar-refractivity contribution in [2.45, 2.75) is 30.4 Å². The lowest BCUT2D eigenvalue weighted by molar-refractivity contribution is -0.137. The van der Waals surface area contributed by atoms with Gasteiger partial charge in [0.25, 0.3) is 0 Å². The molecule has 0 unspecified atom stereocenters. The second kappa shape index (κ2) is 7.19. The summed E-state index contributed by atoms with van der Waals surface area (Å²) in [6, 6.07) is 14.7. The van der Waals surface area contributed by atoms with Crippen LogP contribution in [0.15, 0.2) is 72.0 Å². The fourth-order valence-electron chi connectivity index (χ4n) is 4.14. The van der Waals surface area contributed by atoms with Crippen molar-refractivity contribution in [3.63, 3.8) is 0 Å². The van der Waals surface area contributed by atoms with Crippen LogP contribution in [0.2, 0.25) is 0 Å². The van der Waals surface area contributed by atoms with E-state index in [0.717, 1.165) is 29.2 Å². The van der Waals surface area contributed by atoms with Crippen molar-refractivity contribution in [2.75, 3.05) is 6.54 Å². The number of amidine groups is 1. The van der Waals surface area contributed by atoms with Crippen LogP contribution in [-0.2, 0) is 6.18 Å². The normalized spacial score (nSPS) is 23.5. The zero-order valence-corrected chi connectivity index (χ0v) is 16.9. The predicted molar refractivity (Wildman–Crippen MR) is 112 cm³/mol. The maximum absolute atomic E-state index is 13.3. The number of pyridine rings is 1. The molecule has 0 spiro atoms.